The Kier molecular flexibility index (Phi) is 3.53. The van der Waals surface area contributed by atoms with Gasteiger partial charge in [0.1, 0.15) is 0 Å². The van der Waals surface area contributed by atoms with E-state index in [2.05, 4.69) is 21.2 Å². The van der Waals surface area contributed by atoms with E-state index in [0.717, 1.165) is 27.8 Å². The molecule has 0 unspecified atom stereocenters. The average Bonchev–Trinajstić information content (AvgIpc) is 2.44. The minimum atomic E-state index is -0.319. The summed E-state index contributed by atoms with van der Waals surface area (Å²) in [5.74, 6) is 2.73. The number of benzene rings is 1. The Morgan fingerprint density at radius 3 is 2.32 bits per heavy atom. The van der Waals surface area contributed by atoms with Crippen LogP contribution in [0.15, 0.2) is 22.7 Å². The molecule has 0 heterocycles. The molecule has 22 heavy (non-hydrogen) atoms. The Bertz CT molecular complexity index is 581. The second-order valence-electron chi connectivity index (χ2n) is 7.58. The van der Waals surface area contributed by atoms with Gasteiger partial charge in [0, 0.05) is 28.7 Å². The molecule has 4 fully saturated rings. The lowest BCUT2D eigenvalue weighted by atomic mass is 9.53. The fourth-order valence-corrected chi connectivity index (χ4v) is 5.81. The number of hydrogen-bond acceptors (Lipinski definition) is 3. The monoisotopic (exact) mass is 364 g/mol. The maximum Gasteiger partial charge on any atom is 0.269 e. The summed E-state index contributed by atoms with van der Waals surface area (Å²) in [6, 6.07) is 5.03. The van der Waals surface area contributed by atoms with Crippen LogP contribution in [0.25, 0.3) is 0 Å². The van der Waals surface area contributed by atoms with E-state index in [9.17, 15) is 10.1 Å². The van der Waals surface area contributed by atoms with Crippen LogP contribution in [0, 0.1) is 27.9 Å². The molecule has 0 atom stereocenters. The first-order chi connectivity index (χ1) is 10.5. The van der Waals surface area contributed by atoms with Gasteiger partial charge in [0.2, 0.25) is 0 Å². The van der Waals surface area contributed by atoms with Crippen molar-refractivity contribution in [3.8, 4) is 0 Å². The lowest BCUT2D eigenvalue weighted by Gasteiger charge is -2.57. The molecule has 4 aliphatic rings. The smallest absolute Gasteiger partial charge is 0.269 e. The van der Waals surface area contributed by atoms with Crippen molar-refractivity contribution in [2.75, 3.05) is 0 Å². The highest BCUT2D eigenvalue weighted by molar-refractivity contribution is 9.10. The average molecular weight is 365 g/mol. The largest absolute Gasteiger partial charge is 0.307 e. The number of halogens is 1. The van der Waals surface area contributed by atoms with Gasteiger partial charge in [0.15, 0.2) is 0 Å². The molecule has 4 saturated carbocycles. The predicted molar refractivity (Wildman–Crippen MR) is 88.5 cm³/mol. The molecule has 0 aliphatic heterocycles. The van der Waals surface area contributed by atoms with E-state index in [1.165, 1.54) is 38.5 Å². The van der Waals surface area contributed by atoms with Gasteiger partial charge in [-0.1, -0.05) is 15.9 Å². The first kappa shape index (κ1) is 14.6. The first-order valence-electron chi connectivity index (χ1n) is 8.21. The van der Waals surface area contributed by atoms with E-state index in [1.54, 1.807) is 18.2 Å². The number of nitro groups is 1. The highest BCUT2D eigenvalue weighted by atomic mass is 79.9. The lowest BCUT2D eigenvalue weighted by Crippen LogP contribution is -2.58. The summed E-state index contributed by atoms with van der Waals surface area (Å²) in [5, 5.41) is 14.8. The number of hydrogen-bond donors (Lipinski definition) is 1. The number of nitro benzene ring substituents is 1. The molecule has 0 saturated heterocycles. The standard InChI is InChI=1S/C17H21BrN2O2/c18-16-2-1-15(20(21)22)6-14(16)10-19-17-7-11-3-12(8-17)5-13(4-11)9-17/h1-2,6,11-13,19H,3-5,7-10H2. The molecule has 5 heteroatoms. The van der Waals surface area contributed by atoms with Gasteiger partial charge in [-0.25, -0.2) is 0 Å². The fraction of sp³-hybridized carbons (Fsp3) is 0.647. The fourth-order valence-electron chi connectivity index (χ4n) is 5.42. The highest BCUT2D eigenvalue weighted by Gasteiger charge is 2.50. The number of rotatable bonds is 4. The molecule has 4 aliphatic carbocycles. The normalized spacial score (nSPS) is 35.8. The predicted octanol–water partition coefficient (Wildman–Crippen LogP) is 4.42. The van der Waals surface area contributed by atoms with Gasteiger partial charge >= 0.3 is 0 Å². The van der Waals surface area contributed by atoms with Crippen molar-refractivity contribution in [3.05, 3.63) is 38.3 Å². The van der Waals surface area contributed by atoms with Crippen molar-refractivity contribution < 1.29 is 4.92 Å². The molecule has 5 rings (SSSR count). The van der Waals surface area contributed by atoms with E-state index >= 15 is 0 Å². The zero-order valence-corrected chi connectivity index (χ0v) is 14.1. The molecule has 0 aromatic heterocycles. The van der Waals surface area contributed by atoms with Crippen LogP contribution in [0.2, 0.25) is 0 Å². The van der Waals surface area contributed by atoms with Gasteiger partial charge in [0.05, 0.1) is 4.92 Å². The molecule has 0 amide bonds. The molecular weight excluding hydrogens is 344 g/mol. The van der Waals surface area contributed by atoms with Gasteiger partial charge in [-0.15, -0.1) is 0 Å². The highest BCUT2D eigenvalue weighted by Crippen LogP contribution is 2.55. The first-order valence-corrected chi connectivity index (χ1v) is 9.00. The molecule has 4 nitrogen and oxygen atoms in total. The third kappa shape index (κ3) is 2.58. The van der Waals surface area contributed by atoms with Crippen LogP contribution < -0.4 is 5.32 Å². The third-order valence-electron chi connectivity index (χ3n) is 5.93. The number of nitrogens with one attached hydrogen (secondary N) is 1. The molecule has 1 aromatic carbocycles. The minimum Gasteiger partial charge on any atom is -0.307 e. The van der Waals surface area contributed by atoms with Crippen molar-refractivity contribution >= 4 is 21.6 Å². The molecular formula is C17H21BrN2O2. The Morgan fingerprint density at radius 2 is 1.77 bits per heavy atom. The Morgan fingerprint density at radius 1 is 1.18 bits per heavy atom. The zero-order chi connectivity index (χ0) is 15.3. The van der Waals surface area contributed by atoms with Crippen LogP contribution in [0.3, 0.4) is 0 Å². The van der Waals surface area contributed by atoms with Crippen molar-refractivity contribution in [2.24, 2.45) is 17.8 Å². The van der Waals surface area contributed by atoms with Crippen molar-refractivity contribution in [1.29, 1.82) is 0 Å². The van der Waals surface area contributed by atoms with E-state index in [0.29, 0.717) is 12.1 Å². The van der Waals surface area contributed by atoms with Crippen LogP contribution in [0.5, 0.6) is 0 Å². The van der Waals surface area contributed by atoms with Crippen LogP contribution in [-0.2, 0) is 6.54 Å². The summed E-state index contributed by atoms with van der Waals surface area (Å²) in [5.41, 5.74) is 1.45. The topological polar surface area (TPSA) is 55.2 Å². The van der Waals surface area contributed by atoms with Gasteiger partial charge in [-0.05, 0) is 67.9 Å². The van der Waals surface area contributed by atoms with Crippen LogP contribution in [0.4, 0.5) is 5.69 Å². The molecule has 4 bridgehead atoms. The van der Waals surface area contributed by atoms with E-state index in [1.807, 2.05) is 0 Å². The quantitative estimate of drug-likeness (QED) is 0.635. The maximum atomic E-state index is 11.0. The summed E-state index contributed by atoms with van der Waals surface area (Å²) in [4.78, 5) is 10.6. The molecule has 1 aromatic rings. The zero-order valence-electron chi connectivity index (χ0n) is 12.6. The minimum absolute atomic E-state index is 0.172. The summed E-state index contributed by atoms with van der Waals surface area (Å²) < 4.78 is 0.954. The lowest BCUT2D eigenvalue weighted by molar-refractivity contribution is -0.384. The van der Waals surface area contributed by atoms with Gasteiger partial charge in [-0.3, -0.25) is 10.1 Å². The molecule has 0 spiro atoms. The summed E-state index contributed by atoms with van der Waals surface area (Å²) >= 11 is 3.53. The maximum absolute atomic E-state index is 11.0. The van der Waals surface area contributed by atoms with Crippen molar-refractivity contribution in [1.82, 2.24) is 5.32 Å². The summed E-state index contributed by atoms with van der Waals surface area (Å²) in [6.07, 6.45) is 8.19. The Hall–Kier alpha value is -0.940. The van der Waals surface area contributed by atoms with Crippen molar-refractivity contribution in [2.45, 2.75) is 50.6 Å². The second kappa shape index (κ2) is 5.31. The summed E-state index contributed by atoms with van der Waals surface area (Å²) in [6.45, 7) is 0.717. The van der Waals surface area contributed by atoms with Crippen LogP contribution in [-0.4, -0.2) is 10.5 Å². The van der Waals surface area contributed by atoms with E-state index < -0.39 is 0 Å². The number of nitrogens with zero attached hydrogens (tertiary/aromatic N) is 1. The molecule has 1 N–H and O–H groups in total. The SMILES string of the molecule is O=[N+]([O-])c1ccc(Br)c(CNC23CC4CC(CC(C4)C2)C3)c1. The van der Waals surface area contributed by atoms with Gasteiger partial charge in [-0.2, -0.15) is 0 Å². The molecule has 0 radical (unpaired) electrons. The van der Waals surface area contributed by atoms with Gasteiger partial charge in [0.25, 0.3) is 5.69 Å². The Labute approximate surface area is 138 Å². The summed E-state index contributed by atoms with van der Waals surface area (Å²) in [7, 11) is 0. The van der Waals surface area contributed by atoms with Crippen LogP contribution >= 0.6 is 15.9 Å². The van der Waals surface area contributed by atoms with Gasteiger partial charge < -0.3 is 5.32 Å². The van der Waals surface area contributed by atoms with Crippen LogP contribution in [0.1, 0.15) is 44.1 Å². The van der Waals surface area contributed by atoms with E-state index in [4.69, 9.17) is 0 Å². The third-order valence-corrected chi connectivity index (χ3v) is 6.71. The Balaban J connectivity index is 1.51. The molecule has 118 valence electrons. The van der Waals surface area contributed by atoms with Crippen molar-refractivity contribution in [3.63, 3.8) is 0 Å². The second-order valence-corrected chi connectivity index (χ2v) is 8.44. The van der Waals surface area contributed by atoms with E-state index in [-0.39, 0.29) is 10.6 Å². The number of non-ortho nitro benzene ring substituents is 1.